The van der Waals surface area contributed by atoms with Crippen LogP contribution in [0, 0.1) is 11.8 Å². The molecule has 0 N–H and O–H groups in total. The van der Waals surface area contributed by atoms with E-state index in [1.807, 2.05) is 17.8 Å². The number of Topliss-reactive ketones (excluding diaryl/α,β-unsaturated/α-hetero) is 1. The largest absolute Gasteiger partial charge is 0.338 e. The average Bonchev–Trinajstić information content (AvgIpc) is 2.99. The highest BCUT2D eigenvalue weighted by Crippen LogP contribution is 2.37. The maximum absolute atomic E-state index is 11.8. The van der Waals surface area contributed by atoms with Crippen LogP contribution in [0.5, 0.6) is 0 Å². The van der Waals surface area contributed by atoms with E-state index in [2.05, 4.69) is 11.9 Å². The van der Waals surface area contributed by atoms with Crippen LogP contribution in [-0.2, 0) is 18.3 Å². The van der Waals surface area contributed by atoms with Gasteiger partial charge in [-0.2, -0.15) is 0 Å². The number of carbonyl (C=O) groups is 1. The van der Waals surface area contributed by atoms with E-state index in [1.54, 1.807) is 6.20 Å². The first kappa shape index (κ1) is 10.4. The molecule has 15 heavy (non-hydrogen) atoms. The van der Waals surface area contributed by atoms with Gasteiger partial charge in [-0.1, -0.05) is 6.92 Å². The van der Waals surface area contributed by atoms with Gasteiger partial charge in [-0.25, -0.2) is 4.98 Å². The molecular weight excluding hydrogens is 188 g/mol. The Balaban J connectivity index is 1.82. The fraction of sp³-hybridized carbons (Fsp3) is 0.667. The van der Waals surface area contributed by atoms with Crippen LogP contribution in [0.2, 0.25) is 0 Å². The highest BCUT2D eigenvalue weighted by atomic mass is 16.1. The summed E-state index contributed by atoms with van der Waals surface area (Å²) in [6.07, 6.45) is 7.61. The van der Waals surface area contributed by atoms with Crippen molar-refractivity contribution >= 4 is 5.78 Å². The SMILES string of the molecule is CC(C(=O)CCc1nccn1C)C1CC1. The molecule has 1 unspecified atom stereocenters. The van der Waals surface area contributed by atoms with Crippen LogP contribution < -0.4 is 0 Å². The third-order valence-corrected chi connectivity index (χ3v) is 3.35. The lowest BCUT2D eigenvalue weighted by Crippen LogP contribution is -2.14. The van der Waals surface area contributed by atoms with Crippen LogP contribution in [0.1, 0.15) is 32.0 Å². The van der Waals surface area contributed by atoms with Crippen molar-refractivity contribution in [3.05, 3.63) is 18.2 Å². The summed E-state index contributed by atoms with van der Waals surface area (Å²) in [5, 5.41) is 0. The van der Waals surface area contributed by atoms with E-state index in [0.29, 0.717) is 18.1 Å². The number of aryl methyl sites for hydroxylation is 2. The number of hydrogen-bond acceptors (Lipinski definition) is 2. The molecule has 82 valence electrons. The standard InChI is InChI=1S/C12H18N2O/c1-9(10-3-4-10)11(15)5-6-12-13-7-8-14(12)2/h7-10H,3-6H2,1-2H3. The second-order valence-corrected chi connectivity index (χ2v) is 4.55. The van der Waals surface area contributed by atoms with Gasteiger partial charge in [0.05, 0.1) is 0 Å². The van der Waals surface area contributed by atoms with Gasteiger partial charge < -0.3 is 4.57 Å². The molecule has 0 amide bonds. The van der Waals surface area contributed by atoms with Gasteiger partial charge in [-0.05, 0) is 18.8 Å². The number of nitrogens with zero attached hydrogens (tertiary/aromatic N) is 2. The quantitative estimate of drug-likeness (QED) is 0.738. The lowest BCUT2D eigenvalue weighted by atomic mass is 9.97. The summed E-state index contributed by atoms with van der Waals surface area (Å²) in [6.45, 7) is 2.07. The van der Waals surface area contributed by atoms with Gasteiger partial charge in [0, 0.05) is 38.2 Å². The Bertz CT molecular complexity index is 352. The van der Waals surface area contributed by atoms with Crippen LogP contribution in [0.25, 0.3) is 0 Å². The number of hydrogen-bond donors (Lipinski definition) is 0. The predicted molar refractivity (Wildman–Crippen MR) is 58.4 cm³/mol. The van der Waals surface area contributed by atoms with Crippen molar-refractivity contribution in [2.45, 2.75) is 32.6 Å². The maximum Gasteiger partial charge on any atom is 0.136 e. The Morgan fingerprint density at radius 1 is 1.67 bits per heavy atom. The summed E-state index contributed by atoms with van der Waals surface area (Å²) in [5.74, 6) is 2.36. The lowest BCUT2D eigenvalue weighted by molar-refractivity contribution is -0.122. The van der Waals surface area contributed by atoms with Gasteiger partial charge in [0.1, 0.15) is 11.6 Å². The molecule has 2 rings (SSSR count). The topological polar surface area (TPSA) is 34.9 Å². The summed E-state index contributed by atoms with van der Waals surface area (Å²) in [5.41, 5.74) is 0. The van der Waals surface area contributed by atoms with Crippen LogP contribution in [0.4, 0.5) is 0 Å². The molecule has 0 bridgehead atoms. The zero-order chi connectivity index (χ0) is 10.8. The fourth-order valence-electron chi connectivity index (χ4n) is 1.96. The number of imidazole rings is 1. The van der Waals surface area contributed by atoms with Crippen LogP contribution in [-0.4, -0.2) is 15.3 Å². The van der Waals surface area contributed by atoms with Gasteiger partial charge in [-0.3, -0.25) is 4.79 Å². The molecule has 1 fully saturated rings. The summed E-state index contributed by atoms with van der Waals surface area (Å²) in [7, 11) is 1.97. The Morgan fingerprint density at radius 3 is 2.93 bits per heavy atom. The molecule has 1 aliphatic carbocycles. The minimum Gasteiger partial charge on any atom is -0.338 e. The summed E-state index contributed by atoms with van der Waals surface area (Å²) >= 11 is 0. The van der Waals surface area contributed by atoms with Crippen LogP contribution >= 0.6 is 0 Å². The Labute approximate surface area is 90.5 Å². The normalized spacial score (nSPS) is 17.7. The Kier molecular flexibility index (Phi) is 2.89. The minimum atomic E-state index is 0.269. The third-order valence-electron chi connectivity index (χ3n) is 3.35. The van der Waals surface area contributed by atoms with Crippen molar-refractivity contribution < 1.29 is 4.79 Å². The van der Waals surface area contributed by atoms with Crippen molar-refractivity contribution in [1.82, 2.24) is 9.55 Å². The van der Waals surface area contributed by atoms with E-state index in [1.165, 1.54) is 12.8 Å². The van der Waals surface area contributed by atoms with Gasteiger partial charge in [0.2, 0.25) is 0 Å². The van der Waals surface area contributed by atoms with Crippen molar-refractivity contribution in [2.75, 3.05) is 0 Å². The summed E-state index contributed by atoms with van der Waals surface area (Å²) in [4.78, 5) is 16.0. The molecule has 1 aliphatic rings. The first-order valence-corrected chi connectivity index (χ1v) is 5.67. The van der Waals surface area contributed by atoms with E-state index < -0.39 is 0 Å². The lowest BCUT2D eigenvalue weighted by Gasteiger charge is -2.08. The number of carbonyl (C=O) groups excluding carboxylic acids is 1. The molecule has 0 radical (unpaired) electrons. The zero-order valence-electron chi connectivity index (χ0n) is 9.44. The second kappa shape index (κ2) is 4.17. The first-order chi connectivity index (χ1) is 7.18. The van der Waals surface area contributed by atoms with E-state index >= 15 is 0 Å². The number of rotatable bonds is 5. The highest BCUT2D eigenvalue weighted by Gasteiger charge is 2.31. The molecule has 3 heteroatoms. The van der Waals surface area contributed by atoms with Crippen molar-refractivity contribution in [3.8, 4) is 0 Å². The van der Waals surface area contributed by atoms with E-state index in [9.17, 15) is 4.79 Å². The number of aromatic nitrogens is 2. The smallest absolute Gasteiger partial charge is 0.136 e. The zero-order valence-corrected chi connectivity index (χ0v) is 9.44. The maximum atomic E-state index is 11.8. The molecule has 1 atom stereocenters. The molecule has 1 aromatic rings. The van der Waals surface area contributed by atoms with Gasteiger partial charge >= 0.3 is 0 Å². The first-order valence-electron chi connectivity index (χ1n) is 5.67. The van der Waals surface area contributed by atoms with E-state index in [-0.39, 0.29) is 5.92 Å². The predicted octanol–water partition coefficient (Wildman–Crippen LogP) is 1.97. The van der Waals surface area contributed by atoms with Crippen molar-refractivity contribution in [3.63, 3.8) is 0 Å². The monoisotopic (exact) mass is 206 g/mol. The molecule has 0 saturated heterocycles. The molecule has 1 saturated carbocycles. The molecular formula is C12H18N2O. The number of ketones is 1. The van der Waals surface area contributed by atoms with Crippen LogP contribution in [0.15, 0.2) is 12.4 Å². The summed E-state index contributed by atoms with van der Waals surface area (Å²) < 4.78 is 1.98. The van der Waals surface area contributed by atoms with E-state index in [4.69, 9.17) is 0 Å². The van der Waals surface area contributed by atoms with Crippen molar-refractivity contribution in [1.29, 1.82) is 0 Å². The minimum absolute atomic E-state index is 0.269. The Hall–Kier alpha value is -1.12. The Morgan fingerprint density at radius 2 is 2.40 bits per heavy atom. The van der Waals surface area contributed by atoms with Gasteiger partial charge in [0.25, 0.3) is 0 Å². The van der Waals surface area contributed by atoms with Crippen molar-refractivity contribution in [2.24, 2.45) is 18.9 Å². The molecule has 0 aliphatic heterocycles. The molecule has 1 heterocycles. The van der Waals surface area contributed by atoms with Gasteiger partial charge in [-0.15, -0.1) is 0 Å². The van der Waals surface area contributed by atoms with Crippen LogP contribution in [0.3, 0.4) is 0 Å². The molecule has 3 nitrogen and oxygen atoms in total. The fourth-order valence-corrected chi connectivity index (χ4v) is 1.96. The average molecular weight is 206 g/mol. The highest BCUT2D eigenvalue weighted by molar-refractivity contribution is 5.81. The van der Waals surface area contributed by atoms with Gasteiger partial charge in [0.15, 0.2) is 0 Å². The molecule has 0 aromatic carbocycles. The third kappa shape index (κ3) is 2.46. The molecule has 0 spiro atoms. The summed E-state index contributed by atoms with van der Waals surface area (Å²) in [6, 6.07) is 0. The second-order valence-electron chi connectivity index (χ2n) is 4.55. The van der Waals surface area contributed by atoms with E-state index in [0.717, 1.165) is 12.2 Å². The molecule has 1 aromatic heterocycles.